The Morgan fingerprint density at radius 1 is 1.17 bits per heavy atom. The van der Waals surface area contributed by atoms with Gasteiger partial charge >= 0.3 is 0 Å². The monoisotopic (exact) mass is 302 g/mol. The van der Waals surface area contributed by atoms with Gasteiger partial charge in [-0.3, -0.25) is 0 Å². The molecule has 2 aromatic heterocycles. The van der Waals surface area contributed by atoms with Crippen LogP contribution in [0.25, 0.3) is 11.0 Å². The van der Waals surface area contributed by atoms with E-state index in [-0.39, 0.29) is 0 Å². The first kappa shape index (κ1) is 11.3. The van der Waals surface area contributed by atoms with Gasteiger partial charge in [0, 0.05) is 11.6 Å². The molecule has 0 spiro atoms. The van der Waals surface area contributed by atoms with Gasteiger partial charge in [0.2, 0.25) is 0 Å². The van der Waals surface area contributed by atoms with Crippen LogP contribution in [-0.4, -0.2) is 4.98 Å². The number of hydrogen-bond acceptors (Lipinski definition) is 3. The van der Waals surface area contributed by atoms with Crippen molar-refractivity contribution in [2.45, 2.75) is 6.54 Å². The second kappa shape index (κ2) is 4.82. The molecule has 3 rings (SSSR count). The Kier molecular flexibility index (Phi) is 3.02. The summed E-state index contributed by atoms with van der Waals surface area (Å²) in [6, 6.07) is 13.9. The van der Waals surface area contributed by atoms with Crippen molar-refractivity contribution in [3.63, 3.8) is 0 Å². The Morgan fingerprint density at radius 2 is 2.06 bits per heavy atom. The molecule has 90 valence electrons. The van der Waals surface area contributed by atoms with Crippen LogP contribution in [0.4, 0.5) is 5.69 Å². The van der Waals surface area contributed by atoms with Gasteiger partial charge in [0.05, 0.1) is 12.2 Å². The largest absolute Gasteiger partial charge is 0.459 e. The first-order valence-electron chi connectivity index (χ1n) is 5.65. The maximum Gasteiger partial charge on any atom is 0.134 e. The predicted molar refractivity (Wildman–Crippen MR) is 75.5 cm³/mol. The number of furan rings is 1. The van der Waals surface area contributed by atoms with Crippen molar-refractivity contribution in [3.05, 3.63) is 59.0 Å². The number of para-hydroxylation sites is 1. The highest BCUT2D eigenvalue weighted by molar-refractivity contribution is 9.10. The Bertz CT molecular complexity index is 645. The van der Waals surface area contributed by atoms with Gasteiger partial charge in [-0.25, -0.2) is 4.98 Å². The highest BCUT2D eigenvalue weighted by Gasteiger charge is 2.04. The third-order valence-corrected chi connectivity index (χ3v) is 3.32. The molecule has 0 radical (unpaired) electrons. The van der Waals surface area contributed by atoms with Gasteiger partial charge < -0.3 is 9.73 Å². The fourth-order valence-corrected chi connectivity index (χ4v) is 2.21. The van der Waals surface area contributed by atoms with Crippen LogP contribution < -0.4 is 5.32 Å². The number of pyridine rings is 1. The average Bonchev–Trinajstić information content (AvgIpc) is 2.80. The van der Waals surface area contributed by atoms with Crippen molar-refractivity contribution in [3.8, 4) is 0 Å². The van der Waals surface area contributed by atoms with Crippen LogP contribution in [0.2, 0.25) is 0 Å². The predicted octanol–water partition coefficient (Wildman–Crippen LogP) is 4.20. The fraction of sp³-hybridized carbons (Fsp3) is 0.0714. The number of fused-ring (bicyclic) bond motifs is 1. The average molecular weight is 303 g/mol. The molecule has 0 fully saturated rings. The minimum atomic E-state index is 0.638. The summed E-state index contributed by atoms with van der Waals surface area (Å²) in [5.41, 5.74) is 1.87. The number of aromatic nitrogens is 1. The van der Waals surface area contributed by atoms with Gasteiger partial charge in [0.1, 0.15) is 15.9 Å². The van der Waals surface area contributed by atoms with Gasteiger partial charge in [-0.1, -0.05) is 18.2 Å². The number of halogens is 1. The quantitative estimate of drug-likeness (QED) is 0.737. The van der Waals surface area contributed by atoms with Gasteiger partial charge in [-0.15, -0.1) is 0 Å². The fourth-order valence-electron chi connectivity index (χ4n) is 1.82. The lowest BCUT2D eigenvalue weighted by atomic mass is 10.2. The van der Waals surface area contributed by atoms with E-state index >= 15 is 0 Å². The molecule has 0 unspecified atom stereocenters. The van der Waals surface area contributed by atoms with Crippen LogP contribution in [0.5, 0.6) is 0 Å². The van der Waals surface area contributed by atoms with Crippen LogP contribution in [0.3, 0.4) is 0 Å². The molecule has 0 atom stereocenters. The number of anilines is 1. The van der Waals surface area contributed by atoms with E-state index in [1.54, 1.807) is 6.20 Å². The van der Waals surface area contributed by atoms with Gasteiger partial charge in [-0.05, 0) is 40.2 Å². The third-order valence-electron chi connectivity index (χ3n) is 2.69. The van der Waals surface area contributed by atoms with Crippen LogP contribution >= 0.6 is 15.9 Å². The molecule has 0 saturated carbocycles. The van der Waals surface area contributed by atoms with E-state index in [2.05, 4.69) is 26.2 Å². The smallest absolute Gasteiger partial charge is 0.134 e. The molecule has 18 heavy (non-hydrogen) atoms. The molecular weight excluding hydrogens is 292 g/mol. The highest BCUT2D eigenvalue weighted by atomic mass is 79.9. The van der Waals surface area contributed by atoms with E-state index in [4.69, 9.17) is 4.42 Å². The standard InChI is InChI=1S/C14H11BrN2O/c15-14-12(5-3-7-16-14)17-9-11-8-10-4-1-2-6-13(10)18-11/h1-8,17H,9H2. The molecule has 0 aliphatic heterocycles. The van der Waals surface area contributed by atoms with Gasteiger partial charge in [0.15, 0.2) is 0 Å². The van der Waals surface area contributed by atoms with Crippen molar-refractivity contribution < 1.29 is 4.42 Å². The van der Waals surface area contributed by atoms with E-state index in [0.29, 0.717) is 6.54 Å². The normalized spacial score (nSPS) is 10.7. The minimum absolute atomic E-state index is 0.638. The number of hydrogen-bond donors (Lipinski definition) is 1. The number of nitrogens with zero attached hydrogens (tertiary/aromatic N) is 1. The maximum absolute atomic E-state index is 5.73. The lowest BCUT2D eigenvalue weighted by Gasteiger charge is -2.05. The Hall–Kier alpha value is -1.81. The SMILES string of the molecule is Brc1ncccc1NCc1cc2ccccc2o1. The Morgan fingerprint density at radius 3 is 2.89 bits per heavy atom. The first-order chi connectivity index (χ1) is 8.83. The molecule has 0 bridgehead atoms. The molecule has 0 amide bonds. The van der Waals surface area contributed by atoms with Crippen LogP contribution in [0, 0.1) is 0 Å². The molecule has 1 aromatic carbocycles. The molecule has 3 nitrogen and oxygen atoms in total. The summed E-state index contributed by atoms with van der Waals surface area (Å²) in [4.78, 5) is 4.16. The lowest BCUT2D eigenvalue weighted by Crippen LogP contribution is -1.99. The zero-order valence-electron chi connectivity index (χ0n) is 9.56. The van der Waals surface area contributed by atoms with E-state index in [9.17, 15) is 0 Å². The number of rotatable bonds is 3. The van der Waals surface area contributed by atoms with Crippen molar-refractivity contribution in [2.75, 3.05) is 5.32 Å². The lowest BCUT2D eigenvalue weighted by molar-refractivity contribution is 0.559. The number of benzene rings is 1. The molecule has 2 heterocycles. The Balaban J connectivity index is 1.79. The second-order valence-electron chi connectivity index (χ2n) is 3.95. The zero-order valence-corrected chi connectivity index (χ0v) is 11.1. The van der Waals surface area contributed by atoms with Gasteiger partial charge in [-0.2, -0.15) is 0 Å². The molecule has 4 heteroatoms. The summed E-state index contributed by atoms with van der Waals surface area (Å²) in [5, 5.41) is 4.41. The number of nitrogens with one attached hydrogen (secondary N) is 1. The van der Waals surface area contributed by atoms with E-state index in [1.807, 2.05) is 42.5 Å². The Labute approximate surface area is 113 Å². The second-order valence-corrected chi connectivity index (χ2v) is 4.70. The topological polar surface area (TPSA) is 38.1 Å². The van der Waals surface area contributed by atoms with Crippen LogP contribution in [0.15, 0.2) is 57.7 Å². The van der Waals surface area contributed by atoms with Crippen molar-refractivity contribution >= 4 is 32.6 Å². The highest BCUT2D eigenvalue weighted by Crippen LogP contribution is 2.22. The van der Waals surface area contributed by atoms with E-state index in [1.165, 1.54) is 0 Å². The van der Waals surface area contributed by atoms with Crippen molar-refractivity contribution in [2.24, 2.45) is 0 Å². The zero-order chi connectivity index (χ0) is 12.4. The molecule has 3 aromatic rings. The molecule has 0 aliphatic rings. The summed E-state index contributed by atoms with van der Waals surface area (Å²) in [5.74, 6) is 0.909. The molecule has 1 N–H and O–H groups in total. The van der Waals surface area contributed by atoms with Crippen LogP contribution in [-0.2, 0) is 6.54 Å². The third kappa shape index (κ3) is 2.24. The van der Waals surface area contributed by atoms with Gasteiger partial charge in [0.25, 0.3) is 0 Å². The summed E-state index contributed by atoms with van der Waals surface area (Å²) in [6.07, 6.45) is 1.75. The van der Waals surface area contributed by atoms with E-state index in [0.717, 1.165) is 27.0 Å². The molecule has 0 aliphatic carbocycles. The van der Waals surface area contributed by atoms with Crippen LogP contribution in [0.1, 0.15) is 5.76 Å². The summed E-state index contributed by atoms with van der Waals surface area (Å²) in [7, 11) is 0. The molecule has 0 saturated heterocycles. The minimum Gasteiger partial charge on any atom is -0.459 e. The molecular formula is C14H11BrN2O. The van der Waals surface area contributed by atoms with Crippen molar-refractivity contribution in [1.29, 1.82) is 0 Å². The van der Waals surface area contributed by atoms with Crippen molar-refractivity contribution in [1.82, 2.24) is 4.98 Å². The summed E-state index contributed by atoms with van der Waals surface area (Å²) in [6.45, 7) is 0.638. The maximum atomic E-state index is 5.73. The van der Waals surface area contributed by atoms with E-state index < -0.39 is 0 Å². The first-order valence-corrected chi connectivity index (χ1v) is 6.44. The summed E-state index contributed by atoms with van der Waals surface area (Å²) < 4.78 is 6.54. The summed E-state index contributed by atoms with van der Waals surface area (Å²) >= 11 is 3.40.